The lowest BCUT2D eigenvalue weighted by Crippen LogP contribution is -2.50. The molecule has 6 atom stereocenters. The van der Waals surface area contributed by atoms with E-state index in [1.54, 1.807) is 6.92 Å². The molecule has 1 aliphatic rings. The second kappa shape index (κ2) is 9.26. The highest BCUT2D eigenvalue weighted by Crippen LogP contribution is 2.48. The maximum Gasteiger partial charge on any atom is 0.195 e. The van der Waals surface area contributed by atoms with Gasteiger partial charge in [-0.05, 0) is 48.8 Å². The van der Waals surface area contributed by atoms with E-state index in [9.17, 15) is 40.2 Å². The second-order valence-corrected chi connectivity index (χ2v) is 8.75. The number of phenols is 3. The number of rotatable bonds is 7. The van der Waals surface area contributed by atoms with E-state index in [0.29, 0.717) is 6.42 Å². The fraction of sp³-hybridized carbons (Fsp3) is 0.500. The first-order valence-corrected chi connectivity index (χ1v) is 10.8. The van der Waals surface area contributed by atoms with Crippen LogP contribution >= 0.6 is 0 Å². The van der Waals surface area contributed by atoms with E-state index < -0.39 is 47.6 Å². The minimum atomic E-state index is -1.77. The van der Waals surface area contributed by atoms with Gasteiger partial charge in [0.15, 0.2) is 11.6 Å². The van der Waals surface area contributed by atoms with E-state index in [1.807, 2.05) is 6.92 Å². The Balaban J connectivity index is 2.16. The van der Waals surface area contributed by atoms with Crippen molar-refractivity contribution in [3.05, 3.63) is 28.8 Å². The summed E-state index contributed by atoms with van der Waals surface area (Å²) in [6.45, 7) is 4.91. The van der Waals surface area contributed by atoms with E-state index in [2.05, 4.69) is 0 Å². The van der Waals surface area contributed by atoms with Gasteiger partial charge in [-0.3, -0.25) is 9.59 Å². The van der Waals surface area contributed by atoms with Gasteiger partial charge in [0.25, 0.3) is 0 Å². The summed E-state index contributed by atoms with van der Waals surface area (Å²) >= 11 is 0. The number of carbonyl (C=O) groups is 2. The van der Waals surface area contributed by atoms with Crippen molar-refractivity contribution in [2.45, 2.75) is 63.9 Å². The first-order chi connectivity index (χ1) is 15.5. The molecule has 2 aromatic rings. The third kappa shape index (κ3) is 4.06. The standard InChI is InChI=1S/C24H30O9/c1-5-9(2)15-14(26)8-12-6-11-7-13(24(33-4)23(32)18(27)10(3)25)19(28)22(31)17(11)21(30)16(12)20(15)29/h6,8-10,13,18-19,24-30H,5,7H2,1-4H3. The van der Waals surface area contributed by atoms with Crippen molar-refractivity contribution in [1.29, 1.82) is 0 Å². The molecular formula is C24H30O9. The van der Waals surface area contributed by atoms with Crippen molar-refractivity contribution in [3.63, 3.8) is 0 Å². The predicted molar refractivity (Wildman–Crippen MR) is 119 cm³/mol. The topological polar surface area (TPSA) is 165 Å². The number of aliphatic hydroxyl groups excluding tert-OH is 3. The van der Waals surface area contributed by atoms with Crippen LogP contribution in [0.15, 0.2) is 12.1 Å². The smallest absolute Gasteiger partial charge is 0.195 e. The SMILES string of the molecule is CCC(C)c1c(O)cc2cc3c(c(O)c2c1O)C(=O)C(O)C(C(OC)C(=O)C(O)C(C)O)C3. The van der Waals surface area contributed by atoms with Crippen LogP contribution in [0.2, 0.25) is 0 Å². The van der Waals surface area contributed by atoms with Crippen molar-refractivity contribution in [2.24, 2.45) is 5.92 Å². The zero-order valence-corrected chi connectivity index (χ0v) is 18.9. The second-order valence-electron chi connectivity index (χ2n) is 8.75. The van der Waals surface area contributed by atoms with Gasteiger partial charge >= 0.3 is 0 Å². The van der Waals surface area contributed by atoms with Crippen LogP contribution in [0.4, 0.5) is 0 Å². The predicted octanol–water partition coefficient (Wildman–Crippen LogP) is 1.51. The third-order valence-electron chi connectivity index (χ3n) is 6.63. The molecule has 0 bridgehead atoms. The molecule has 6 N–H and O–H groups in total. The third-order valence-corrected chi connectivity index (χ3v) is 6.63. The molecule has 3 rings (SSSR count). The lowest BCUT2D eigenvalue weighted by atomic mass is 9.75. The Kier molecular flexibility index (Phi) is 6.99. The molecule has 0 radical (unpaired) electrons. The number of Topliss-reactive ketones (excluding diaryl/α,β-unsaturated/α-hetero) is 2. The Labute approximate surface area is 190 Å². The summed E-state index contributed by atoms with van der Waals surface area (Å²) in [6, 6.07) is 2.89. The maximum absolute atomic E-state index is 13.1. The molecule has 0 aromatic heterocycles. The van der Waals surface area contributed by atoms with Crippen molar-refractivity contribution in [2.75, 3.05) is 7.11 Å². The van der Waals surface area contributed by atoms with Gasteiger partial charge in [-0.25, -0.2) is 0 Å². The number of ketones is 2. The highest BCUT2D eigenvalue weighted by atomic mass is 16.5. The van der Waals surface area contributed by atoms with Gasteiger partial charge in [-0.15, -0.1) is 0 Å². The summed E-state index contributed by atoms with van der Waals surface area (Å²) in [6.07, 6.45) is -5.73. The van der Waals surface area contributed by atoms with E-state index in [4.69, 9.17) is 4.74 Å². The molecule has 9 nitrogen and oxygen atoms in total. The van der Waals surface area contributed by atoms with Crippen molar-refractivity contribution < 1.29 is 45.0 Å². The number of aliphatic hydroxyl groups is 3. The minimum Gasteiger partial charge on any atom is -0.507 e. The van der Waals surface area contributed by atoms with Crippen LogP contribution in [0, 0.1) is 5.92 Å². The van der Waals surface area contributed by atoms with Gasteiger partial charge in [0.2, 0.25) is 0 Å². The van der Waals surface area contributed by atoms with E-state index in [-0.39, 0.29) is 51.3 Å². The molecule has 0 amide bonds. The molecule has 9 heteroatoms. The summed E-state index contributed by atoms with van der Waals surface area (Å²) < 4.78 is 5.19. The van der Waals surface area contributed by atoms with Crippen molar-refractivity contribution in [1.82, 2.24) is 0 Å². The summed E-state index contributed by atoms with van der Waals surface area (Å²) in [7, 11) is 1.19. The highest BCUT2D eigenvalue weighted by Gasteiger charge is 2.45. The summed E-state index contributed by atoms with van der Waals surface area (Å²) in [5.41, 5.74) is 0.358. The quantitative estimate of drug-likeness (QED) is 0.358. The number of hydrogen-bond donors (Lipinski definition) is 6. The molecule has 2 aromatic carbocycles. The number of benzene rings is 2. The van der Waals surface area contributed by atoms with E-state index in [1.165, 1.54) is 26.2 Å². The number of ether oxygens (including phenoxy) is 1. The van der Waals surface area contributed by atoms with Crippen LogP contribution in [0.3, 0.4) is 0 Å². The zero-order valence-electron chi connectivity index (χ0n) is 18.9. The van der Waals surface area contributed by atoms with Crippen LogP contribution in [0.25, 0.3) is 10.8 Å². The average Bonchev–Trinajstić information content (AvgIpc) is 2.75. The molecule has 0 heterocycles. The lowest BCUT2D eigenvalue weighted by molar-refractivity contribution is -0.148. The van der Waals surface area contributed by atoms with Crippen molar-refractivity contribution >= 4 is 22.3 Å². The van der Waals surface area contributed by atoms with Crippen LogP contribution in [0.5, 0.6) is 17.2 Å². The van der Waals surface area contributed by atoms with Crippen LogP contribution in [-0.4, -0.2) is 73.7 Å². The van der Waals surface area contributed by atoms with E-state index >= 15 is 0 Å². The number of aromatic hydroxyl groups is 3. The number of hydrogen-bond acceptors (Lipinski definition) is 9. The number of carbonyl (C=O) groups excluding carboxylic acids is 2. The summed E-state index contributed by atoms with van der Waals surface area (Å²) in [5, 5.41) is 62.7. The Morgan fingerprint density at radius 3 is 2.33 bits per heavy atom. The Morgan fingerprint density at radius 1 is 1.15 bits per heavy atom. The molecule has 0 spiro atoms. The molecule has 33 heavy (non-hydrogen) atoms. The number of methoxy groups -OCH3 is 1. The summed E-state index contributed by atoms with van der Waals surface area (Å²) in [4.78, 5) is 25.7. The van der Waals surface area contributed by atoms with Gasteiger partial charge < -0.3 is 35.4 Å². The molecule has 1 aliphatic carbocycles. The normalized spacial score (nSPS) is 22.0. The first-order valence-electron chi connectivity index (χ1n) is 10.8. The van der Waals surface area contributed by atoms with Crippen molar-refractivity contribution in [3.8, 4) is 17.2 Å². The minimum absolute atomic E-state index is 0.00949. The van der Waals surface area contributed by atoms with Crippen LogP contribution in [0.1, 0.15) is 54.6 Å². The highest BCUT2D eigenvalue weighted by molar-refractivity contribution is 6.11. The Bertz CT molecular complexity index is 1090. The first kappa shape index (κ1) is 24.9. The summed E-state index contributed by atoms with van der Waals surface area (Å²) in [5.74, 6) is -4.06. The molecule has 0 aliphatic heterocycles. The van der Waals surface area contributed by atoms with E-state index in [0.717, 1.165) is 0 Å². The number of phenolic OH excluding ortho intramolecular Hbond substituents is 3. The molecule has 0 saturated carbocycles. The molecule has 6 unspecified atom stereocenters. The zero-order chi connectivity index (χ0) is 24.8. The van der Waals surface area contributed by atoms with Gasteiger partial charge in [0.05, 0.1) is 17.1 Å². The average molecular weight is 462 g/mol. The monoisotopic (exact) mass is 462 g/mol. The lowest BCUT2D eigenvalue weighted by Gasteiger charge is -2.34. The molecule has 0 fully saturated rings. The fourth-order valence-electron chi connectivity index (χ4n) is 4.60. The molecule has 0 saturated heterocycles. The van der Waals surface area contributed by atoms with Gasteiger partial charge in [-0.1, -0.05) is 13.8 Å². The Morgan fingerprint density at radius 2 is 1.79 bits per heavy atom. The van der Waals surface area contributed by atoms with Gasteiger partial charge in [-0.2, -0.15) is 0 Å². The molecule has 180 valence electrons. The van der Waals surface area contributed by atoms with Gasteiger partial charge in [0, 0.05) is 18.6 Å². The largest absolute Gasteiger partial charge is 0.507 e. The number of fused-ring (bicyclic) bond motifs is 2. The fourth-order valence-corrected chi connectivity index (χ4v) is 4.60. The Hall–Kier alpha value is -2.72. The molecular weight excluding hydrogens is 432 g/mol. The van der Waals surface area contributed by atoms with Crippen LogP contribution < -0.4 is 0 Å². The van der Waals surface area contributed by atoms with Crippen LogP contribution in [-0.2, 0) is 16.0 Å². The maximum atomic E-state index is 13.1. The van der Waals surface area contributed by atoms with Gasteiger partial charge in [0.1, 0.15) is 35.6 Å².